The zero-order valence-corrected chi connectivity index (χ0v) is 16.9. The number of nitrogens with one attached hydrogen (secondary N) is 2. The van der Waals surface area contributed by atoms with E-state index in [9.17, 15) is 4.79 Å². The summed E-state index contributed by atoms with van der Waals surface area (Å²) < 4.78 is 0. The molecule has 0 aromatic carbocycles. The Morgan fingerprint density at radius 2 is 2.35 bits per heavy atom. The van der Waals surface area contributed by atoms with Crippen molar-refractivity contribution in [3.63, 3.8) is 0 Å². The van der Waals surface area contributed by atoms with Gasteiger partial charge in [0.05, 0.1) is 6.54 Å². The Morgan fingerprint density at radius 1 is 1.52 bits per heavy atom. The molecule has 23 heavy (non-hydrogen) atoms. The van der Waals surface area contributed by atoms with E-state index >= 15 is 0 Å². The van der Waals surface area contributed by atoms with Crippen LogP contribution in [0.5, 0.6) is 0 Å². The molecule has 3 rings (SSSR count). The first-order chi connectivity index (χ1) is 10.6. The molecule has 5 nitrogen and oxygen atoms in total. The second-order valence-corrected chi connectivity index (χ2v) is 7.76. The first-order valence-corrected chi connectivity index (χ1v) is 8.69. The maximum absolute atomic E-state index is 11.6. The Balaban J connectivity index is 0.00000192. The van der Waals surface area contributed by atoms with Gasteiger partial charge >= 0.3 is 0 Å². The number of hydrogen-bond donors (Lipinski definition) is 2. The maximum atomic E-state index is 11.6. The van der Waals surface area contributed by atoms with Gasteiger partial charge in [0, 0.05) is 48.3 Å². The number of amides is 1. The zero-order chi connectivity index (χ0) is 15.6. The summed E-state index contributed by atoms with van der Waals surface area (Å²) >= 11 is 1.82. The number of likely N-dealkylation sites (tertiary alicyclic amines) is 1. The molecule has 7 heteroatoms. The van der Waals surface area contributed by atoms with E-state index in [1.54, 1.807) is 0 Å². The molecule has 2 fully saturated rings. The second kappa shape index (κ2) is 7.83. The number of nitrogens with zero attached hydrogens (tertiary/aromatic N) is 2. The summed E-state index contributed by atoms with van der Waals surface area (Å²) in [7, 11) is 1.83. The quantitative estimate of drug-likeness (QED) is 0.415. The highest BCUT2D eigenvalue weighted by Crippen LogP contribution is 2.36. The van der Waals surface area contributed by atoms with Gasteiger partial charge < -0.3 is 15.5 Å². The molecule has 0 radical (unpaired) electrons. The molecule has 1 aromatic heterocycles. The van der Waals surface area contributed by atoms with Crippen LogP contribution in [0, 0.1) is 12.3 Å². The lowest BCUT2D eigenvalue weighted by Crippen LogP contribution is -2.51. The third kappa shape index (κ3) is 4.37. The van der Waals surface area contributed by atoms with Crippen LogP contribution >= 0.6 is 35.3 Å². The lowest BCUT2D eigenvalue weighted by Gasteiger charge is -2.40. The van der Waals surface area contributed by atoms with Crippen LogP contribution < -0.4 is 10.6 Å². The van der Waals surface area contributed by atoms with Gasteiger partial charge in [-0.05, 0) is 31.9 Å². The van der Waals surface area contributed by atoms with Gasteiger partial charge in [-0.1, -0.05) is 0 Å². The van der Waals surface area contributed by atoms with E-state index in [1.807, 2.05) is 18.4 Å². The molecule has 1 spiro atoms. The van der Waals surface area contributed by atoms with Crippen molar-refractivity contribution in [2.45, 2.75) is 32.7 Å². The molecular formula is C16H25IN4OS. The summed E-state index contributed by atoms with van der Waals surface area (Å²) in [6.45, 7) is 5.67. The van der Waals surface area contributed by atoms with Crippen molar-refractivity contribution in [3.8, 4) is 0 Å². The normalized spacial score (nSPS) is 24.5. The van der Waals surface area contributed by atoms with Gasteiger partial charge in [0.1, 0.15) is 0 Å². The number of aliphatic imine (C=N–C) groups is 1. The number of aryl methyl sites for hydroxylation is 1. The zero-order valence-electron chi connectivity index (χ0n) is 13.7. The van der Waals surface area contributed by atoms with Crippen LogP contribution in [0.4, 0.5) is 0 Å². The largest absolute Gasteiger partial charge is 0.355 e. The molecule has 1 aromatic rings. The van der Waals surface area contributed by atoms with Gasteiger partial charge in [0.2, 0.25) is 5.91 Å². The predicted octanol–water partition coefficient (Wildman–Crippen LogP) is 2.35. The number of guanidine groups is 1. The minimum absolute atomic E-state index is 0. The summed E-state index contributed by atoms with van der Waals surface area (Å²) in [6, 6.07) is 4.31. The summed E-state index contributed by atoms with van der Waals surface area (Å²) in [5, 5.41) is 6.46. The average molecular weight is 448 g/mol. The minimum atomic E-state index is 0. The van der Waals surface area contributed by atoms with Crippen molar-refractivity contribution in [3.05, 3.63) is 21.9 Å². The van der Waals surface area contributed by atoms with Gasteiger partial charge in [-0.15, -0.1) is 35.3 Å². The van der Waals surface area contributed by atoms with Gasteiger partial charge in [0.25, 0.3) is 0 Å². The van der Waals surface area contributed by atoms with Gasteiger partial charge in [-0.3, -0.25) is 9.79 Å². The number of hydrogen-bond acceptors (Lipinski definition) is 3. The number of thiophene rings is 1. The maximum Gasteiger partial charge on any atom is 0.220 e. The first-order valence-electron chi connectivity index (χ1n) is 7.88. The van der Waals surface area contributed by atoms with E-state index in [4.69, 9.17) is 0 Å². The van der Waals surface area contributed by atoms with Crippen molar-refractivity contribution in [2.24, 2.45) is 10.4 Å². The molecule has 2 saturated heterocycles. The van der Waals surface area contributed by atoms with Crippen molar-refractivity contribution in [2.75, 3.05) is 26.7 Å². The van der Waals surface area contributed by atoms with Crippen molar-refractivity contribution in [1.29, 1.82) is 0 Å². The number of carbonyl (C=O) groups excluding carboxylic acids is 1. The monoisotopic (exact) mass is 448 g/mol. The average Bonchev–Trinajstić information content (AvgIpc) is 3.06. The third-order valence-corrected chi connectivity index (χ3v) is 5.59. The highest BCUT2D eigenvalue weighted by atomic mass is 127. The Bertz CT molecular complexity index is 588. The lowest BCUT2D eigenvalue weighted by molar-refractivity contribution is -0.119. The highest BCUT2D eigenvalue weighted by Gasteiger charge is 2.42. The molecule has 0 bridgehead atoms. The fraction of sp³-hybridized carbons (Fsp3) is 0.625. The van der Waals surface area contributed by atoms with E-state index in [0.29, 0.717) is 6.42 Å². The number of piperidine rings is 1. The molecule has 0 saturated carbocycles. The van der Waals surface area contributed by atoms with Crippen LogP contribution in [-0.2, 0) is 11.3 Å². The highest BCUT2D eigenvalue weighted by molar-refractivity contribution is 14.0. The van der Waals surface area contributed by atoms with Crippen LogP contribution in [0.2, 0.25) is 0 Å². The molecular weight excluding hydrogens is 423 g/mol. The molecule has 128 valence electrons. The Hall–Kier alpha value is -0.830. The van der Waals surface area contributed by atoms with E-state index < -0.39 is 0 Å². The van der Waals surface area contributed by atoms with Crippen molar-refractivity contribution in [1.82, 2.24) is 15.5 Å². The smallest absolute Gasteiger partial charge is 0.220 e. The Kier molecular flexibility index (Phi) is 6.30. The van der Waals surface area contributed by atoms with Gasteiger partial charge in [0.15, 0.2) is 5.96 Å². The number of carbonyl (C=O) groups is 1. The van der Waals surface area contributed by atoms with Crippen LogP contribution in [0.15, 0.2) is 17.1 Å². The number of halogens is 1. The molecule has 1 amide bonds. The SMILES string of the molecule is CN=C(NCc1ccc(C)s1)N1CCCC2(CNC(=O)C2)C1.I. The lowest BCUT2D eigenvalue weighted by atomic mass is 9.79. The fourth-order valence-corrected chi connectivity index (χ4v) is 4.34. The summed E-state index contributed by atoms with van der Waals surface area (Å²) in [5.74, 6) is 1.14. The van der Waals surface area contributed by atoms with Crippen molar-refractivity contribution >= 4 is 47.2 Å². The minimum Gasteiger partial charge on any atom is -0.355 e. The third-order valence-electron chi connectivity index (χ3n) is 4.59. The van der Waals surface area contributed by atoms with Crippen LogP contribution in [0.3, 0.4) is 0 Å². The van der Waals surface area contributed by atoms with E-state index in [2.05, 4.69) is 39.6 Å². The first kappa shape index (κ1) is 18.5. The molecule has 3 heterocycles. The molecule has 2 aliphatic heterocycles. The Morgan fingerprint density at radius 3 is 2.96 bits per heavy atom. The summed E-state index contributed by atoms with van der Waals surface area (Å²) in [6.07, 6.45) is 2.90. The Labute approximate surface area is 158 Å². The summed E-state index contributed by atoms with van der Waals surface area (Å²) in [4.78, 5) is 21.0. The van der Waals surface area contributed by atoms with Crippen molar-refractivity contribution < 1.29 is 4.79 Å². The summed E-state index contributed by atoms with van der Waals surface area (Å²) in [5.41, 5.74) is 0.104. The predicted molar refractivity (Wildman–Crippen MR) is 106 cm³/mol. The van der Waals surface area contributed by atoms with Crippen LogP contribution in [0.1, 0.15) is 29.0 Å². The van der Waals surface area contributed by atoms with E-state index in [1.165, 1.54) is 9.75 Å². The standard InChI is InChI=1S/C16H24N4OS.HI/c1-12-4-5-13(22-12)9-18-15(17-2)20-7-3-6-16(11-20)8-14(21)19-10-16;/h4-5H,3,6-11H2,1-2H3,(H,17,18)(H,19,21);1H. The molecule has 0 aliphatic carbocycles. The molecule has 2 N–H and O–H groups in total. The van der Waals surface area contributed by atoms with Gasteiger partial charge in [-0.2, -0.15) is 0 Å². The van der Waals surface area contributed by atoms with Crippen LogP contribution in [-0.4, -0.2) is 43.4 Å². The van der Waals surface area contributed by atoms with E-state index in [-0.39, 0.29) is 35.3 Å². The van der Waals surface area contributed by atoms with E-state index in [0.717, 1.165) is 45.0 Å². The molecule has 1 atom stereocenters. The number of rotatable bonds is 2. The fourth-order valence-electron chi connectivity index (χ4n) is 3.51. The topological polar surface area (TPSA) is 56.7 Å². The second-order valence-electron chi connectivity index (χ2n) is 6.39. The molecule has 1 unspecified atom stereocenters. The molecule has 2 aliphatic rings. The van der Waals surface area contributed by atoms with Crippen LogP contribution in [0.25, 0.3) is 0 Å². The van der Waals surface area contributed by atoms with Gasteiger partial charge in [-0.25, -0.2) is 0 Å².